The molecule has 2 rings (SSSR count). The Morgan fingerprint density at radius 1 is 1.44 bits per heavy atom. The monoisotopic (exact) mass is 235 g/mol. The molecule has 0 fully saturated rings. The predicted molar refractivity (Wildman–Crippen MR) is 62.4 cm³/mol. The molecule has 0 saturated carbocycles. The minimum absolute atomic E-state index is 0.105. The summed E-state index contributed by atoms with van der Waals surface area (Å²) in [5.41, 5.74) is 0.879. The second-order valence-electron chi connectivity index (χ2n) is 3.33. The van der Waals surface area contributed by atoms with Crippen LogP contribution in [0, 0.1) is 0 Å². The fourth-order valence-corrected chi connectivity index (χ4v) is 1.57. The van der Waals surface area contributed by atoms with Gasteiger partial charge in [0.05, 0.1) is 12.6 Å². The second kappa shape index (κ2) is 4.81. The molecular formula is C11H10ClN3O. The van der Waals surface area contributed by atoms with E-state index in [-0.39, 0.29) is 5.91 Å². The Balaban J connectivity index is 1.97. The van der Waals surface area contributed by atoms with E-state index in [4.69, 9.17) is 11.6 Å². The summed E-state index contributed by atoms with van der Waals surface area (Å²) >= 11 is 5.82. The van der Waals surface area contributed by atoms with Crippen LogP contribution in [0.2, 0.25) is 5.02 Å². The van der Waals surface area contributed by atoms with E-state index < -0.39 is 0 Å². The van der Waals surface area contributed by atoms with Crippen molar-refractivity contribution in [2.45, 2.75) is 6.42 Å². The molecule has 1 aromatic carbocycles. The Labute approximate surface area is 97.6 Å². The lowest BCUT2D eigenvalue weighted by atomic mass is 10.1. The molecule has 5 heteroatoms. The van der Waals surface area contributed by atoms with Crippen LogP contribution in [0.1, 0.15) is 5.56 Å². The van der Waals surface area contributed by atoms with Crippen LogP contribution in [0.5, 0.6) is 0 Å². The summed E-state index contributed by atoms with van der Waals surface area (Å²) in [6.07, 6.45) is 1.87. The van der Waals surface area contributed by atoms with Gasteiger partial charge in [-0.1, -0.05) is 23.7 Å². The summed E-state index contributed by atoms with van der Waals surface area (Å²) in [5.74, 6) is 0.485. The highest BCUT2D eigenvalue weighted by Crippen LogP contribution is 2.11. The summed E-state index contributed by atoms with van der Waals surface area (Å²) in [7, 11) is 0. The maximum atomic E-state index is 11.6. The number of hydrogen-bond donors (Lipinski definition) is 2. The fraction of sp³-hybridized carbons (Fsp3) is 0.0909. The maximum Gasteiger partial charge on any atom is 0.229 e. The Morgan fingerprint density at radius 2 is 2.31 bits per heavy atom. The predicted octanol–water partition coefficient (Wildman–Crippen LogP) is 2.24. The molecule has 0 unspecified atom stereocenters. The van der Waals surface area contributed by atoms with Gasteiger partial charge in [-0.3, -0.25) is 9.89 Å². The van der Waals surface area contributed by atoms with E-state index in [1.165, 1.54) is 0 Å². The third kappa shape index (κ3) is 2.84. The van der Waals surface area contributed by atoms with Crippen molar-refractivity contribution in [2.75, 3.05) is 5.32 Å². The molecule has 0 saturated heterocycles. The van der Waals surface area contributed by atoms with E-state index in [0.717, 1.165) is 5.56 Å². The number of hydrogen-bond acceptors (Lipinski definition) is 2. The molecule has 0 radical (unpaired) electrons. The quantitative estimate of drug-likeness (QED) is 0.857. The Bertz CT molecular complexity index is 482. The molecule has 0 spiro atoms. The molecule has 0 atom stereocenters. The van der Waals surface area contributed by atoms with E-state index in [1.807, 2.05) is 12.1 Å². The van der Waals surface area contributed by atoms with Crippen LogP contribution in [-0.2, 0) is 11.2 Å². The zero-order valence-electron chi connectivity index (χ0n) is 8.40. The van der Waals surface area contributed by atoms with Crippen molar-refractivity contribution < 1.29 is 4.79 Å². The summed E-state index contributed by atoms with van der Waals surface area (Å²) in [4.78, 5) is 11.6. The molecule has 2 N–H and O–H groups in total. The van der Waals surface area contributed by atoms with Crippen LogP contribution < -0.4 is 5.32 Å². The summed E-state index contributed by atoms with van der Waals surface area (Å²) in [6, 6.07) is 8.92. The fourth-order valence-electron chi connectivity index (χ4n) is 1.35. The molecule has 16 heavy (non-hydrogen) atoms. The van der Waals surface area contributed by atoms with Crippen molar-refractivity contribution in [1.29, 1.82) is 0 Å². The molecule has 1 amide bonds. The first-order chi connectivity index (χ1) is 7.74. The number of aromatic amines is 1. The molecule has 4 nitrogen and oxygen atoms in total. The maximum absolute atomic E-state index is 11.6. The number of aromatic nitrogens is 2. The lowest BCUT2D eigenvalue weighted by Crippen LogP contribution is -2.14. The van der Waals surface area contributed by atoms with E-state index in [1.54, 1.807) is 24.4 Å². The van der Waals surface area contributed by atoms with Gasteiger partial charge in [0, 0.05) is 11.1 Å². The number of halogens is 1. The number of carbonyl (C=O) groups is 1. The van der Waals surface area contributed by atoms with Crippen molar-refractivity contribution in [3.8, 4) is 0 Å². The number of nitrogens with one attached hydrogen (secondary N) is 2. The van der Waals surface area contributed by atoms with Gasteiger partial charge in [0.1, 0.15) is 5.82 Å². The number of anilines is 1. The molecule has 82 valence electrons. The summed E-state index contributed by atoms with van der Waals surface area (Å²) < 4.78 is 0. The van der Waals surface area contributed by atoms with Crippen LogP contribution in [0.25, 0.3) is 0 Å². The first-order valence-corrected chi connectivity index (χ1v) is 5.15. The largest absolute Gasteiger partial charge is 0.311 e. The Kier molecular flexibility index (Phi) is 3.22. The third-order valence-electron chi connectivity index (χ3n) is 2.03. The van der Waals surface area contributed by atoms with Crippen molar-refractivity contribution in [1.82, 2.24) is 10.2 Å². The zero-order chi connectivity index (χ0) is 11.4. The smallest absolute Gasteiger partial charge is 0.229 e. The van der Waals surface area contributed by atoms with Crippen LogP contribution in [0.4, 0.5) is 5.82 Å². The molecule has 1 heterocycles. The molecular weight excluding hydrogens is 226 g/mol. The number of benzene rings is 1. The number of amides is 1. The highest BCUT2D eigenvalue weighted by atomic mass is 35.5. The zero-order valence-corrected chi connectivity index (χ0v) is 9.16. The van der Waals surface area contributed by atoms with Gasteiger partial charge in [0.15, 0.2) is 0 Å². The van der Waals surface area contributed by atoms with Crippen molar-refractivity contribution >= 4 is 23.3 Å². The topological polar surface area (TPSA) is 57.8 Å². The third-order valence-corrected chi connectivity index (χ3v) is 2.26. The van der Waals surface area contributed by atoms with Gasteiger partial charge in [0.2, 0.25) is 5.91 Å². The molecule has 1 aromatic heterocycles. The highest BCUT2D eigenvalue weighted by Gasteiger charge is 2.04. The van der Waals surface area contributed by atoms with Crippen LogP contribution in [-0.4, -0.2) is 16.1 Å². The highest BCUT2D eigenvalue weighted by molar-refractivity contribution is 6.30. The van der Waals surface area contributed by atoms with Crippen molar-refractivity contribution in [3.63, 3.8) is 0 Å². The van der Waals surface area contributed by atoms with E-state index in [0.29, 0.717) is 17.3 Å². The average molecular weight is 236 g/mol. The molecule has 0 bridgehead atoms. The van der Waals surface area contributed by atoms with Crippen LogP contribution >= 0.6 is 11.6 Å². The van der Waals surface area contributed by atoms with E-state index >= 15 is 0 Å². The van der Waals surface area contributed by atoms with Gasteiger partial charge in [-0.05, 0) is 17.7 Å². The van der Waals surface area contributed by atoms with E-state index in [2.05, 4.69) is 15.5 Å². The molecule has 0 aliphatic carbocycles. The minimum atomic E-state index is -0.105. The van der Waals surface area contributed by atoms with Gasteiger partial charge in [-0.15, -0.1) is 0 Å². The van der Waals surface area contributed by atoms with Gasteiger partial charge in [-0.2, -0.15) is 5.10 Å². The first-order valence-electron chi connectivity index (χ1n) is 4.78. The summed E-state index contributed by atoms with van der Waals surface area (Å²) in [6.45, 7) is 0. The lowest BCUT2D eigenvalue weighted by molar-refractivity contribution is -0.115. The van der Waals surface area contributed by atoms with Crippen molar-refractivity contribution in [3.05, 3.63) is 47.1 Å². The van der Waals surface area contributed by atoms with Gasteiger partial charge in [0.25, 0.3) is 0 Å². The lowest BCUT2D eigenvalue weighted by Gasteiger charge is -2.02. The van der Waals surface area contributed by atoms with Crippen LogP contribution in [0.3, 0.4) is 0 Å². The van der Waals surface area contributed by atoms with E-state index in [9.17, 15) is 4.79 Å². The normalized spacial score (nSPS) is 10.1. The van der Waals surface area contributed by atoms with Crippen molar-refractivity contribution in [2.24, 2.45) is 0 Å². The standard InChI is InChI=1S/C11H10ClN3O/c12-9-3-1-2-8(6-9)7-11(16)14-10-4-5-13-15-10/h1-6H,7H2,(H2,13,14,15,16). The number of carbonyl (C=O) groups excluding carboxylic acids is 1. The molecule has 2 aromatic rings. The van der Waals surface area contributed by atoms with Gasteiger partial charge >= 0.3 is 0 Å². The first kappa shape index (κ1) is 10.7. The minimum Gasteiger partial charge on any atom is -0.311 e. The number of H-pyrrole nitrogens is 1. The molecule has 0 aliphatic rings. The van der Waals surface area contributed by atoms with Gasteiger partial charge in [-0.25, -0.2) is 0 Å². The second-order valence-corrected chi connectivity index (χ2v) is 3.76. The van der Waals surface area contributed by atoms with Crippen LogP contribution in [0.15, 0.2) is 36.5 Å². The number of nitrogens with zero attached hydrogens (tertiary/aromatic N) is 1. The Morgan fingerprint density at radius 3 is 3.00 bits per heavy atom. The summed E-state index contributed by atoms with van der Waals surface area (Å²) in [5, 5.41) is 9.71. The average Bonchev–Trinajstić information content (AvgIpc) is 2.70. The molecule has 0 aliphatic heterocycles. The Hall–Kier alpha value is -1.81. The SMILES string of the molecule is O=C(Cc1cccc(Cl)c1)Nc1ccn[nH]1. The van der Waals surface area contributed by atoms with Gasteiger partial charge < -0.3 is 5.32 Å². The number of rotatable bonds is 3.